The molecule has 0 saturated heterocycles. The Bertz CT molecular complexity index is 411. The molecular formula is C10H11ClFNO3. The predicted molar refractivity (Wildman–Crippen MR) is 57.1 cm³/mol. The number of carbonyl (C=O) groups excluding carboxylic acids is 1. The maximum atomic E-state index is 13.5. The first kappa shape index (κ1) is 12.7. The van der Waals surface area contributed by atoms with Gasteiger partial charge < -0.3 is 4.74 Å². The molecule has 0 atom stereocenters. The maximum Gasteiger partial charge on any atom is 0.281 e. The van der Waals surface area contributed by atoms with Crippen LogP contribution in [0.25, 0.3) is 0 Å². The van der Waals surface area contributed by atoms with Gasteiger partial charge in [0.05, 0.1) is 24.8 Å². The van der Waals surface area contributed by atoms with Crippen LogP contribution in [0, 0.1) is 5.82 Å². The Hall–Kier alpha value is -1.33. The third kappa shape index (κ3) is 2.25. The summed E-state index contributed by atoms with van der Waals surface area (Å²) in [5.41, 5.74) is 0.0498. The average molecular weight is 248 g/mol. The van der Waals surface area contributed by atoms with E-state index in [1.807, 2.05) is 0 Å². The van der Waals surface area contributed by atoms with E-state index < -0.39 is 11.7 Å². The zero-order valence-corrected chi connectivity index (χ0v) is 9.84. The molecule has 0 bridgehead atoms. The second-order valence-corrected chi connectivity index (χ2v) is 3.33. The van der Waals surface area contributed by atoms with Gasteiger partial charge in [-0.25, -0.2) is 9.45 Å². The van der Waals surface area contributed by atoms with E-state index in [9.17, 15) is 9.18 Å². The molecule has 1 amide bonds. The van der Waals surface area contributed by atoms with Crippen molar-refractivity contribution in [3.63, 3.8) is 0 Å². The summed E-state index contributed by atoms with van der Waals surface area (Å²) in [5.74, 6) is -1.48. The number of carbonyl (C=O) groups is 1. The van der Waals surface area contributed by atoms with Gasteiger partial charge in [-0.2, -0.15) is 0 Å². The van der Waals surface area contributed by atoms with E-state index in [0.717, 1.165) is 5.06 Å². The van der Waals surface area contributed by atoms with E-state index in [2.05, 4.69) is 0 Å². The summed E-state index contributed by atoms with van der Waals surface area (Å²) in [4.78, 5) is 16.4. The van der Waals surface area contributed by atoms with Crippen LogP contribution in [-0.4, -0.2) is 32.2 Å². The molecule has 4 nitrogen and oxygen atoms in total. The molecule has 1 aromatic rings. The van der Waals surface area contributed by atoms with Gasteiger partial charge in [-0.3, -0.25) is 9.63 Å². The van der Waals surface area contributed by atoms with Crippen LogP contribution in [0.15, 0.2) is 12.1 Å². The van der Waals surface area contributed by atoms with Crippen LogP contribution in [0.5, 0.6) is 5.75 Å². The number of methoxy groups -OCH3 is 1. The molecule has 0 radical (unpaired) electrons. The van der Waals surface area contributed by atoms with Gasteiger partial charge in [-0.05, 0) is 12.1 Å². The molecule has 0 N–H and O–H groups in total. The van der Waals surface area contributed by atoms with E-state index in [4.69, 9.17) is 21.2 Å². The van der Waals surface area contributed by atoms with Crippen LogP contribution >= 0.6 is 11.6 Å². The van der Waals surface area contributed by atoms with Gasteiger partial charge >= 0.3 is 0 Å². The summed E-state index contributed by atoms with van der Waals surface area (Å²) < 4.78 is 18.3. The second-order valence-electron chi connectivity index (χ2n) is 2.93. The third-order valence-electron chi connectivity index (χ3n) is 2.04. The molecule has 1 aromatic carbocycles. The minimum Gasteiger partial charge on any atom is -0.493 e. The SMILES string of the molecule is COc1c(C(=O)N(C)OC)ccc(Cl)c1F. The van der Waals surface area contributed by atoms with Gasteiger partial charge in [0.25, 0.3) is 5.91 Å². The van der Waals surface area contributed by atoms with E-state index in [-0.39, 0.29) is 16.3 Å². The van der Waals surface area contributed by atoms with E-state index in [1.165, 1.54) is 33.4 Å². The molecule has 88 valence electrons. The van der Waals surface area contributed by atoms with Crippen molar-refractivity contribution in [3.8, 4) is 5.75 Å². The lowest BCUT2D eigenvalue weighted by Gasteiger charge is -2.16. The second kappa shape index (κ2) is 5.14. The lowest BCUT2D eigenvalue weighted by Crippen LogP contribution is -2.26. The van der Waals surface area contributed by atoms with Crippen molar-refractivity contribution in [1.82, 2.24) is 5.06 Å². The van der Waals surface area contributed by atoms with Crippen molar-refractivity contribution < 1.29 is 18.8 Å². The number of hydroxylamine groups is 2. The first-order chi connectivity index (χ1) is 7.52. The minimum atomic E-state index is -0.764. The van der Waals surface area contributed by atoms with Crippen molar-refractivity contribution in [2.24, 2.45) is 0 Å². The molecule has 0 heterocycles. The number of hydrogen-bond donors (Lipinski definition) is 0. The normalized spacial score (nSPS) is 10.1. The summed E-state index contributed by atoms with van der Waals surface area (Å²) in [6, 6.07) is 2.66. The molecule has 0 aliphatic heterocycles. The zero-order valence-electron chi connectivity index (χ0n) is 9.08. The van der Waals surface area contributed by atoms with Crippen LogP contribution in [0.1, 0.15) is 10.4 Å². The zero-order chi connectivity index (χ0) is 12.3. The number of halogens is 2. The Labute approximate surface area is 97.5 Å². The number of ether oxygens (including phenoxy) is 1. The number of hydrogen-bond acceptors (Lipinski definition) is 3. The van der Waals surface area contributed by atoms with Crippen LogP contribution in [0.4, 0.5) is 4.39 Å². The monoisotopic (exact) mass is 247 g/mol. The summed E-state index contributed by atoms with van der Waals surface area (Å²) in [6.07, 6.45) is 0. The van der Waals surface area contributed by atoms with Gasteiger partial charge in [-0.15, -0.1) is 0 Å². The van der Waals surface area contributed by atoms with E-state index in [1.54, 1.807) is 0 Å². The maximum absolute atomic E-state index is 13.5. The highest BCUT2D eigenvalue weighted by atomic mass is 35.5. The molecule has 0 unspecified atom stereocenters. The van der Waals surface area contributed by atoms with Crippen LogP contribution in [-0.2, 0) is 4.84 Å². The molecular weight excluding hydrogens is 237 g/mol. The fourth-order valence-electron chi connectivity index (χ4n) is 1.15. The molecule has 0 fully saturated rings. The number of amides is 1. The highest BCUT2D eigenvalue weighted by Crippen LogP contribution is 2.29. The Morgan fingerprint density at radius 1 is 1.44 bits per heavy atom. The molecule has 0 aromatic heterocycles. The van der Waals surface area contributed by atoms with Crippen molar-refractivity contribution in [3.05, 3.63) is 28.5 Å². The Kier molecular flexibility index (Phi) is 4.09. The Morgan fingerprint density at radius 2 is 2.06 bits per heavy atom. The first-order valence-electron chi connectivity index (χ1n) is 4.37. The molecule has 1 rings (SSSR count). The number of nitrogens with zero attached hydrogens (tertiary/aromatic N) is 1. The summed E-state index contributed by atoms with van der Waals surface area (Å²) >= 11 is 5.57. The molecule has 0 aliphatic rings. The third-order valence-corrected chi connectivity index (χ3v) is 2.34. The van der Waals surface area contributed by atoms with E-state index in [0.29, 0.717) is 0 Å². The Balaban J connectivity index is 3.24. The van der Waals surface area contributed by atoms with Gasteiger partial charge in [0.15, 0.2) is 11.6 Å². The molecule has 0 spiro atoms. The summed E-state index contributed by atoms with van der Waals surface area (Å²) in [6.45, 7) is 0. The number of benzene rings is 1. The summed E-state index contributed by atoms with van der Waals surface area (Å²) in [7, 11) is 4.00. The van der Waals surface area contributed by atoms with Crippen LogP contribution in [0.2, 0.25) is 5.02 Å². The Morgan fingerprint density at radius 3 is 2.56 bits per heavy atom. The largest absolute Gasteiger partial charge is 0.493 e. The quantitative estimate of drug-likeness (QED) is 0.768. The topological polar surface area (TPSA) is 38.8 Å². The van der Waals surface area contributed by atoms with Gasteiger partial charge in [0.2, 0.25) is 0 Å². The first-order valence-corrected chi connectivity index (χ1v) is 4.74. The highest BCUT2D eigenvalue weighted by Gasteiger charge is 2.21. The van der Waals surface area contributed by atoms with Crippen LogP contribution < -0.4 is 4.74 Å². The summed E-state index contributed by atoms with van der Waals surface area (Å²) in [5, 5.41) is 0.860. The average Bonchev–Trinajstić information content (AvgIpc) is 2.30. The fraction of sp³-hybridized carbons (Fsp3) is 0.300. The smallest absolute Gasteiger partial charge is 0.281 e. The van der Waals surface area contributed by atoms with Gasteiger partial charge in [0.1, 0.15) is 0 Å². The molecule has 16 heavy (non-hydrogen) atoms. The highest BCUT2D eigenvalue weighted by molar-refractivity contribution is 6.31. The van der Waals surface area contributed by atoms with Crippen LogP contribution in [0.3, 0.4) is 0 Å². The van der Waals surface area contributed by atoms with Crippen molar-refractivity contribution in [1.29, 1.82) is 0 Å². The standard InChI is InChI=1S/C10H11ClFNO3/c1-13(16-3)10(14)6-4-5-7(11)8(12)9(6)15-2/h4-5H,1-3H3. The lowest BCUT2D eigenvalue weighted by molar-refractivity contribution is -0.0758. The molecule has 6 heteroatoms. The van der Waals surface area contributed by atoms with Gasteiger partial charge in [0, 0.05) is 7.05 Å². The molecule has 0 aliphatic carbocycles. The van der Waals surface area contributed by atoms with E-state index >= 15 is 0 Å². The van der Waals surface area contributed by atoms with Crippen molar-refractivity contribution in [2.45, 2.75) is 0 Å². The van der Waals surface area contributed by atoms with Crippen molar-refractivity contribution >= 4 is 17.5 Å². The van der Waals surface area contributed by atoms with Gasteiger partial charge in [-0.1, -0.05) is 11.6 Å². The van der Waals surface area contributed by atoms with Crippen molar-refractivity contribution in [2.75, 3.05) is 21.3 Å². The predicted octanol–water partition coefficient (Wildman–Crippen LogP) is 2.12. The minimum absolute atomic E-state index is 0.0498. The fourth-order valence-corrected chi connectivity index (χ4v) is 1.30. The molecule has 0 saturated carbocycles. The number of rotatable bonds is 3. The lowest BCUT2D eigenvalue weighted by atomic mass is 10.2.